The molecule has 1 aliphatic rings. The lowest BCUT2D eigenvalue weighted by Crippen LogP contribution is -2.40. The molecular formula is C20H27ClN2O4. The number of hydrogen-bond acceptors (Lipinski definition) is 4. The van der Waals surface area contributed by atoms with Gasteiger partial charge in [0.15, 0.2) is 6.61 Å². The first kappa shape index (κ1) is 21.2. The molecule has 1 aromatic carbocycles. The molecule has 2 rings (SSSR count). The zero-order valence-corrected chi connectivity index (χ0v) is 16.7. The van der Waals surface area contributed by atoms with Crippen LogP contribution in [0.25, 0.3) is 0 Å². The zero-order valence-electron chi connectivity index (χ0n) is 15.9. The van der Waals surface area contributed by atoms with Crippen molar-refractivity contribution in [3.63, 3.8) is 0 Å². The number of likely N-dealkylation sites (N-methyl/N-ethyl adjacent to an activating group) is 1. The number of nitrogens with one attached hydrogen (secondary N) is 1. The molecule has 0 saturated heterocycles. The standard InChI is InChI=1S/C20H27ClN2O4/c1-3-23(12-18(24)22-17-11-16(21)10-9-14(17)2)19(25)13-27-20(26)15-7-5-4-6-8-15/h9-11,15H,3-8,12-13H2,1-2H3,(H,22,24). The van der Waals surface area contributed by atoms with Crippen molar-refractivity contribution in [1.29, 1.82) is 0 Å². The molecule has 1 saturated carbocycles. The zero-order chi connectivity index (χ0) is 19.8. The number of benzene rings is 1. The van der Waals surface area contributed by atoms with Crippen LogP contribution in [-0.2, 0) is 19.1 Å². The van der Waals surface area contributed by atoms with Crippen LogP contribution in [0.1, 0.15) is 44.6 Å². The Balaban J connectivity index is 1.83. The van der Waals surface area contributed by atoms with Crippen LogP contribution in [0.5, 0.6) is 0 Å². The molecule has 0 atom stereocenters. The fourth-order valence-corrected chi connectivity index (χ4v) is 3.32. The molecule has 0 aromatic heterocycles. The first-order chi connectivity index (χ1) is 12.9. The fourth-order valence-electron chi connectivity index (χ4n) is 3.15. The number of ether oxygens (including phenoxy) is 1. The van der Waals surface area contributed by atoms with Gasteiger partial charge in [-0.05, 0) is 44.4 Å². The van der Waals surface area contributed by atoms with Gasteiger partial charge in [-0.2, -0.15) is 0 Å². The average molecular weight is 395 g/mol. The normalized spacial score (nSPS) is 14.5. The number of halogens is 1. The Bertz CT molecular complexity index is 687. The molecule has 2 amide bonds. The van der Waals surface area contributed by atoms with Crippen molar-refractivity contribution in [2.45, 2.75) is 46.0 Å². The third-order valence-corrected chi connectivity index (χ3v) is 5.05. The van der Waals surface area contributed by atoms with Gasteiger partial charge >= 0.3 is 5.97 Å². The van der Waals surface area contributed by atoms with Gasteiger partial charge in [0.05, 0.1) is 12.5 Å². The molecule has 1 N–H and O–H groups in total. The van der Waals surface area contributed by atoms with Crippen molar-refractivity contribution < 1.29 is 19.1 Å². The number of rotatable bonds is 7. The molecule has 1 aliphatic carbocycles. The summed E-state index contributed by atoms with van der Waals surface area (Å²) in [5, 5.41) is 3.28. The van der Waals surface area contributed by atoms with Gasteiger partial charge in [-0.15, -0.1) is 0 Å². The molecule has 27 heavy (non-hydrogen) atoms. The Morgan fingerprint density at radius 1 is 1.22 bits per heavy atom. The molecule has 1 fully saturated rings. The van der Waals surface area contributed by atoms with E-state index in [0.29, 0.717) is 17.3 Å². The van der Waals surface area contributed by atoms with E-state index in [2.05, 4.69) is 5.32 Å². The van der Waals surface area contributed by atoms with E-state index in [9.17, 15) is 14.4 Å². The number of amides is 2. The Morgan fingerprint density at radius 3 is 2.59 bits per heavy atom. The number of aryl methyl sites for hydroxylation is 1. The van der Waals surface area contributed by atoms with Crippen LogP contribution in [0.2, 0.25) is 5.02 Å². The summed E-state index contributed by atoms with van der Waals surface area (Å²) in [5.74, 6) is -1.11. The summed E-state index contributed by atoms with van der Waals surface area (Å²) in [5.41, 5.74) is 1.49. The van der Waals surface area contributed by atoms with Crippen LogP contribution in [0.3, 0.4) is 0 Å². The molecule has 0 aliphatic heterocycles. The van der Waals surface area contributed by atoms with E-state index in [1.54, 1.807) is 19.1 Å². The molecule has 0 spiro atoms. The van der Waals surface area contributed by atoms with E-state index < -0.39 is 0 Å². The molecule has 0 radical (unpaired) electrons. The van der Waals surface area contributed by atoms with Crippen LogP contribution in [-0.4, -0.2) is 42.4 Å². The van der Waals surface area contributed by atoms with E-state index >= 15 is 0 Å². The molecule has 1 aromatic rings. The summed E-state index contributed by atoms with van der Waals surface area (Å²) in [4.78, 5) is 38.0. The first-order valence-corrected chi connectivity index (χ1v) is 9.79. The molecular weight excluding hydrogens is 368 g/mol. The van der Waals surface area contributed by atoms with Crippen LogP contribution in [0.15, 0.2) is 18.2 Å². The van der Waals surface area contributed by atoms with Gasteiger partial charge < -0.3 is 15.0 Å². The topological polar surface area (TPSA) is 75.7 Å². The number of carbonyl (C=O) groups excluding carboxylic acids is 3. The summed E-state index contributed by atoms with van der Waals surface area (Å²) in [6.07, 6.45) is 4.85. The highest BCUT2D eigenvalue weighted by Crippen LogP contribution is 2.24. The highest BCUT2D eigenvalue weighted by Gasteiger charge is 2.24. The Labute approximate surface area is 165 Å². The number of carbonyl (C=O) groups is 3. The van der Waals surface area contributed by atoms with Gasteiger partial charge in [0.2, 0.25) is 5.91 Å². The average Bonchev–Trinajstić information content (AvgIpc) is 2.67. The lowest BCUT2D eigenvalue weighted by molar-refractivity contribution is -0.156. The molecule has 0 unspecified atom stereocenters. The molecule has 0 bridgehead atoms. The molecule has 7 heteroatoms. The Hall–Kier alpha value is -2.08. The van der Waals surface area contributed by atoms with E-state index in [1.807, 2.05) is 13.0 Å². The minimum absolute atomic E-state index is 0.101. The maximum absolute atomic E-state index is 12.3. The van der Waals surface area contributed by atoms with Gasteiger partial charge in [0.1, 0.15) is 0 Å². The van der Waals surface area contributed by atoms with Crippen molar-refractivity contribution in [2.24, 2.45) is 5.92 Å². The van der Waals surface area contributed by atoms with Gasteiger partial charge in [0.25, 0.3) is 5.91 Å². The van der Waals surface area contributed by atoms with Gasteiger partial charge in [0, 0.05) is 17.3 Å². The minimum Gasteiger partial charge on any atom is -0.455 e. The monoisotopic (exact) mass is 394 g/mol. The van der Waals surface area contributed by atoms with Crippen LogP contribution in [0, 0.1) is 12.8 Å². The number of nitrogens with zero attached hydrogens (tertiary/aromatic N) is 1. The lowest BCUT2D eigenvalue weighted by Gasteiger charge is -2.22. The highest BCUT2D eigenvalue weighted by atomic mass is 35.5. The van der Waals surface area contributed by atoms with Crippen LogP contribution < -0.4 is 5.32 Å². The van der Waals surface area contributed by atoms with Gasteiger partial charge in [-0.25, -0.2) is 0 Å². The van der Waals surface area contributed by atoms with Gasteiger partial charge in [-0.1, -0.05) is 36.9 Å². The Kier molecular flexibility index (Phi) is 8.10. The third-order valence-electron chi connectivity index (χ3n) is 4.82. The number of esters is 1. The minimum atomic E-state index is -0.375. The third kappa shape index (κ3) is 6.54. The fraction of sp³-hybridized carbons (Fsp3) is 0.550. The van der Waals surface area contributed by atoms with E-state index in [4.69, 9.17) is 16.3 Å². The smallest absolute Gasteiger partial charge is 0.309 e. The second-order valence-electron chi connectivity index (χ2n) is 6.86. The van der Waals surface area contributed by atoms with Gasteiger partial charge in [-0.3, -0.25) is 14.4 Å². The quantitative estimate of drug-likeness (QED) is 0.717. The van der Waals surface area contributed by atoms with Crippen molar-refractivity contribution >= 4 is 35.1 Å². The van der Waals surface area contributed by atoms with Crippen molar-refractivity contribution in [3.05, 3.63) is 28.8 Å². The highest BCUT2D eigenvalue weighted by molar-refractivity contribution is 6.31. The predicted octanol–water partition coefficient (Wildman–Crippen LogP) is 3.56. The van der Waals surface area contributed by atoms with E-state index in [1.165, 1.54) is 4.90 Å². The second kappa shape index (κ2) is 10.3. The molecule has 0 heterocycles. The SMILES string of the molecule is CCN(CC(=O)Nc1cc(Cl)ccc1C)C(=O)COC(=O)C1CCCCC1. The summed E-state index contributed by atoms with van der Waals surface area (Å²) in [6, 6.07) is 5.22. The maximum Gasteiger partial charge on any atom is 0.309 e. The second-order valence-corrected chi connectivity index (χ2v) is 7.29. The summed E-state index contributed by atoms with van der Waals surface area (Å²) in [6.45, 7) is 3.55. The first-order valence-electron chi connectivity index (χ1n) is 9.41. The van der Waals surface area contributed by atoms with E-state index in [0.717, 1.165) is 37.7 Å². The van der Waals surface area contributed by atoms with E-state index in [-0.39, 0.29) is 36.9 Å². The molecule has 6 nitrogen and oxygen atoms in total. The Morgan fingerprint density at radius 2 is 1.93 bits per heavy atom. The largest absolute Gasteiger partial charge is 0.455 e. The predicted molar refractivity (Wildman–Crippen MR) is 105 cm³/mol. The van der Waals surface area contributed by atoms with Crippen LogP contribution >= 0.6 is 11.6 Å². The summed E-state index contributed by atoms with van der Waals surface area (Å²) in [7, 11) is 0. The van der Waals surface area contributed by atoms with Crippen molar-refractivity contribution in [3.8, 4) is 0 Å². The number of hydrogen-bond donors (Lipinski definition) is 1. The van der Waals surface area contributed by atoms with Crippen molar-refractivity contribution in [2.75, 3.05) is 25.0 Å². The lowest BCUT2D eigenvalue weighted by atomic mass is 9.89. The number of anilines is 1. The molecule has 148 valence electrons. The summed E-state index contributed by atoms with van der Waals surface area (Å²) < 4.78 is 5.18. The maximum atomic E-state index is 12.3. The summed E-state index contributed by atoms with van der Waals surface area (Å²) >= 11 is 5.95. The van der Waals surface area contributed by atoms with Crippen molar-refractivity contribution in [1.82, 2.24) is 4.90 Å². The van der Waals surface area contributed by atoms with Crippen LogP contribution in [0.4, 0.5) is 5.69 Å².